The van der Waals surface area contributed by atoms with Gasteiger partial charge in [-0.25, -0.2) is 0 Å². The number of aliphatic hydroxyl groups is 1. The largest absolute Gasteiger partial charge is 0.389 e. The predicted octanol–water partition coefficient (Wildman–Crippen LogP) is 2.85. The maximum absolute atomic E-state index is 9.76. The fourth-order valence-corrected chi connectivity index (χ4v) is 2.50. The first-order valence-electron chi connectivity index (χ1n) is 7.39. The molecule has 0 amide bonds. The highest BCUT2D eigenvalue weighted by molar-refractivity contribution is 4.79. The third-order valence-electron chi connectivity index (χ3n) is 4.19. The summed E-state index contributed by atoms with van der Waals surface area (Å²) in [4.78, 5) is 0. The lowest BCUT2D eigenvalue weighted by molar-refractivity contribution is -0.000575. The van der Waals surface area contributed by atoms with Crippen LogP contribution in [0.4, 0.5) is 0 Å². The maximum atomic E-state index is 9.76. The summed E-state index contributed by atoms with van der Waals surface area (Å²) in [6.45, 7) is 7.66. The van der Waals surface area contributed by atoms with Gasteiger partial charge in [0.15, 0.2) is 0 Å². The van der Waals surface area contributed by atoms with Crippen molar-refractivity contribution in [3.8, 4) is 0 Å². The molecule has 18 heavy (non-hydrogen) atoms. The lowest BCUT2D eigenvalue weighted by Gasteiger charge is -2.34. The van der Waals surface area contributed by atoms with Crippen LogP contribution in [0.5, 0.6) is 0 Å². The Hall–Kier alpha value is -0.120. The molecule has 1 unspecified atom stereocenters. The lowest BCUT2D eigenvalue weighted by Crippen LogP contribution is -2.34. The smallest absolute Gasteiger partial charge is 0.0741 e. The van der Waals surface area contributed by atoms with Gasteiger partial charge in [-0.1, -0.05) is 13.8 Å². The molecule has 108 valence electrons. The Bertz CT molecular complexity index is 229. The minimum absolute atomic E-state index is 0.339. The van der Waals surface area contributed by atoms with Crippen LogP contribution >= 0.6 is 0 Å². The fraction of sp³-hybridized carbons (Fsp3) is 1.00. The van der Waals surface area contributed by atoms with Gasteiger partial charge in [-0.2, -0.15) is 0 Å². The maximum Gasteiger partial charge on any atom is 0.0741 e. The zero-order valence-corrected chi connectivity index (χ0v) is 12.4. The summed E-state index contributed by atoms with van der Waals surface area (Å²) >= 11 is 0. The van der Waals surface area contributed by atoms with Gasteiger partial charge in [-0.3, -0.25) is 0 Å². The Balaban J connectivity index is 2.02. The third-order valence-corrected chi connectivity index (χ3v) is 4.19. The fourth-order valence-electron chi connectivity index (χ4n) is 2.50. The van der Waals surface area contributed by atoms with Gasteiger partial charge >= 0.3 is 0 Å². The van der Waals surface area contributed by atoms with Crippen LogP contribution in [0.3, 0.4) is 0 Å². The molecule has 0 aromatic carbocycles. The van der Waals surface area contributed by atoms with Crippen molar-refractivity contribution in [2.45, 2.75) is 77.4 Å². The van der Waals surface area contributed by atoms with Gasteiger partial charge in [0.1, 0.15) is 0 Å². The van der Waals surface area contributed by atoms with Crippen molar-refractivity contribution in [3.63, 3.8) is 0 Å². The van der Waals surface area contributed by atoms with Crippen LogP contribution in [0.2, 0.25) is 0 Å². The van der Waals surface area contributed by atoms with Gasteiger partial charge in [0.25, 0.3) is 0 Å². The molecule has 0 aliphatic heterocycles. The van der Waals surface area contributed by atoms with E-state index in [0.29, 0.717) is 18.1 Å². The molecule has 0 aromatic rings. The van der Waals surface area contributed by atoms with Crippen molar-refractivity contribution in [2.24, 2.45) is 11.1 Å². The molecule has 1 saturated carbocycles. The highest BCUT2D eigenvalue weighted by Gasteiger charge is 2.27. The standard InChI is InChI=1S/C15H31NO2/c1-14(2)9-6-13(7-10-14)18-11-5-4-8-15(3,17)12-16/h13,17H,4-12,16H2,1-3H3. The Morgan fingerprint density at radius 1 is 1.28 bits per heavy atom. The number of nitrogens with two attached hydrogens (primary N) is 1. The minimum Gasteiger partial charge on any atom is -0.389 e. The lowest BCUT2D eigenvalue weighted by atomic mass is 9.76. The van der Waals surface area contributed by atoms with E-state index in [-0.39, 0.29) is 0 Å². The number of hydrogen-bond donors (Lipinski definition) is 2. The second-order valence-electron chi connectivity index (χ2n) is 6.89. The Labute approximate surface area is 112 Å². The number of hydrogen-bond acceptors (Lipinski definition) is 3. The van der Waals surface area contributed by atoms with E-state index in [0.717, 1.165) is 25.9 Å². The van der Waals surface area contributed by atoms with E-state index in [1.165, 1.54) is 25.7 Å². The van der Waals surface area contributed by atoms with E-state index in [4.69, 9.17) is 10.5 Å². The molecule has 0 radical (unpaired) electrons. The van der Waals surface area contributed by atoms with E-state index >= 15 is 0 Å². The molecule has 1 aliphatic rings. The molecule has 0 bridgehead atoms. The van der Waals surface area contributed by atoms with Crippen LogP contribution in [-0.4, -0.2) is 30.0 Å². The second-order valence-corrected chi connectivity index (χ2v) is 6.89. The van der Waals surface area contributed by atoms with Crippen LogP contribution in [0.1, 0.15) is 65.7 Å². The summed E-state index contributed by atoms with van der Waals surface area (Å²) in [5.41, 5.74) is 5.30. The van der Waals surface area contributed by atoms with Crippen LogP contribution in [-0.2, 0) is 4.74 Å². The molecule has 1 aliphatic carbocycles. The Morgan fingerprint density at radius 2 is 1.89 bits per heavy atom. The zero-order chi connectivity index (χ0) is 13.6. The van der Waals surface area contributed by atoms with Crippen LogP contribution in [0, 0.1) is 5.41 Å². The van der Waals surface area contributed by atoms with Crippen LogP contribution < -0.4 is 5.73 Å². The average molecular weight is 257 g/mol. The van der Waals surface area contributed by atoms with Gasteiger partial charge < -0.3 is 15.6 Å². The van der Waals surface area contributed by atoms with Gasteiger partial charge in [-0.05, 0) is 57.3 Å². The molecule has 0 aromatic heterocycles. The molecule has 1 fully saturated rings. The first-order chi connectivity index (χ1) is 8.35. The topological polar surface area (TPSA) is 55.5 Å². The average Bonchev–Trinajstić information content (AvgIpc) is 2.30. The second kappa shape index (κ2) is 6.88. The van der Waals surface area contributed by atoms with E-state index in [1.54, 1.807) is 6.92 Å². The summed E-state index contributed by atoms with van der Waals surface area (Å²) in [5.74, 6) is 0. The van der Waals surface area contributed by atoms with Gasteiger partial charge in [0, 0.05) is 13.2 Å². The normalized spacial score (nSPS) is 23.8. The minimum atomic E-state index is -0.700. The summed E-state index contributed by atoms with van der Waals surface area (Å²) in [6, 6.07) is 0. The molecule has 0 saturated heterocycles. The van der Waals surface area contributed by atoms with Gasteiger partial charge in [-0.15, -0.1) is 0 Å². The van der Waals surface area contributed by atoms with E-state index < -0.39 is 5.60 Å². The number of ether oxygens (including phenoxy) is 1. The predicted molar refractivity (Wildman–Crippen MR) is 75.5 cm³/mol. The monoisotopic (exact) mass is 257 g/mol. The molecule has 0 spiro atoms. The number of unbranched alkanes of at least 4 members (excludes halogenated alkanes) is 1. The number of rotatable bonds is 7. The molecular formula is C15H31NO2. The summed E-state index contributed by atoms with van der Waals surface area (Å²) in [6.07, 6.45) is 8.21. The van der Waals surface area contributed by atoms with Crippen LogP contribution in [0.15, 0.2) is 0 Å². The van der Waals surface area contributed by atoms with Crippen LogP contribution in [0.25, 0.3) is 0 Å². The Morgan fingerprint density at radius 3 is 2.44 bits per heavy atom. The zero-order valence-electron chi connectivity index (χ0n) is 12.4. The summed E-state index contributed by atoms with van der Waals surface area (Å²) < 4.78 is 5.91. The quantitative estimate of drug-likeness (QED) is 0.690. The molecule has 3 nitrogen and oxygen atoms in total. The summed E-state index contributed by atoms with van der Waals surface area (Å²) in [7, 11) is 0. The van der Waals surface area contributed by atoms with Crippen molar-refractivity contribution in [2.75, 3.05) is 13.2 Å². The highest BCUT2D eigenvalue weighted by atomic mass is 16.5. The van der Waals surface area contributed by atoms with Crippen molar-refractivity contribution < 1.29 is 9.84 Å². The Kier molecular flexibility index (Phi) is 6.09. The first-order valence-corrected chi connectivity index (χ1v) is 7.39. The van der Waals surface area contributed by atoms with Crippen molar-refractivity contribution in [1.82, 2.24) is 0 Å². The first kappa shape index (κ1) is 15.9. The van der Waals surface area contributed by atoms with E-state index in [9.17, 15) is 5.11 Å². The highest BCUT2D eigenvalue weighted by Crippen LogP contribution is 2.36. The molecule has 0 heterocycles. The van der Waals surface area contributed by atoms with E-state index in [2.05, 4.69) is 13.8 Å². The molecule has 3 heteroatoms. The molecule has 1 atom stereocenters. The summed E-state index contributed by atoms with van der Waals surface area (Å²) in [5, 5.41) is 9.76. The van der Waals surface area contributed by atoms with Gasteiger partial charge in [0.05, 0.1) is 11.7 Å². The molecule has 1 rings (SSSR count). The molecular weight excluding hydrogens is 226 g/mol. The molecule has 3 N–H and O–H groups in total. The third kappa shape index (κ3) is 6.17. The van der Waals surface area contributed by atoms with Crippen molar-refractivity contribution in [3.05, 3.63) is 0 Å². The van der Waals surface area contributed by atoms with E-state index in [1.807, 2.05) is 0 Å². The van der Waals surface area contributed by atoms with Crippen molar-refractivity contribution >= 4 is 0 Å². The van der Waals surface area contributed by atoms with Crippen molar-refractivity contribution in [1.29, 1.82) is 0 Å². The van der Waals surface area contributed by atoms with Gasteiger partial charge in [0.2, 0.25) is 0 Å². The SMILES string of the molecule is CC1(C)CCC(OCCCCC(C)(O)CN)CC1.